The predicted octanol–water partition coefficient (Wildman–Crippen LogP) is 2.55. The minimum Gasteiger partial charge on any atom is -0.550 e. The smallest absolute Gasteiger partial charge is 0.349 e. The summed E-state index contributed by atoms with van der Waals surface area (Å²) >= 11 is 0. The van der Waals surface area contributed by atoms with Gasteiger partial charge in [-0.3, -0.25) is 0 Å². The Morgan fingerprint density at radius 2 is 1.71 bits per heavy atom. The van der Waals surface area contributed by atoms with Gasteiger partial charge in [-0.1, -0.05) is 0 Å². The van der Waals surface area contributed by atoms with Gasteiger partial charge in [0.15, 0.2) is 12.4 Å². The molecule has 4 rings (SSSR count). The number of aromatic hydroxyl groups is 1. The Labute approximate surface area is 178 Å². The van der Waals surface area contributed by atoms with Crippen LogP contribution in [0.5, 0.6) is 5.75 Å². The Balaban J connectivity index is 0.000000628. The monoisotopic (exact) mass is 421 g/mol. The fraction of sp³-hybridized carbons (Fsp3) is 0.217. The van der Waals surface area contributed by atoms with Crippen LogP contribution >= 0.6 is 0 Å². The zero-order valence-corrected chi connectivity index (χ0v) is 17.9. The normalized spacial score (nSPS) is 11.6. The molecule has 0 radical (unpaired) electrons. The highest BCUT2D eigenvalue weighted by atomic mass is 16.4. The lowest BCUT2D eigenvalue weighted by Crippen LogP contribution is -2.26. The number of aryl methyl sites for hydroxylation is 3. The van der Waals surface area contributed by atoms with E-state index < -0.39 is 11.9 Å². The van der Waals surface area contributed by atoms with Crippen LogP contribution in [0, 0.1) is 13.8 Å². The van der Waals surface area contributed by atoms with Crippen LogP contribution in [0.3, 0.4) is 0 Å². The number of carboxylic acids is 2. The molecule has 2 aromatic heterocycles. The van der Waals surface area contributed by atoms with Crippen molar-refractivity contribution in [3.8, 4) is 5.75 Å². The number of aromatic nitrogens is 2. The number of rotatable bonds is 2. The molecule has 8 heteroatoms. The zero-order valence-electron chi connectivity index (χ0n) is 17.9. The van der Waals surface area contributed by atoms with Crippen LogP contribution in [0.25, 0.3) is 32.6 Å². The first kappa shape index (κ1) is 21.8. The van der Waals surface area contributed by atoms with Crippen LogP contribution in [0.15, 0.2) is 35.6 Å². The van der Waals surface area contributed by atoms with Gasteiger partial charge in [-0.05, 0) is 56.3 Å². The average Bonchev–Trinajstić information content (AvgIpc) is 3.08. The minimum atomic E-state index is -1.11. The molecule has 0 fully saturated rings. The Bertz CT molecular complexity index is 1400. The third-order valence-electron chi connectivity index (χ3n) is 5.16. The van der Waals surface area contributed by atoms with E-state index in [1.807, 2.05) is 24.7 Å². The van der Waals surface area contributed by atoms with Gasteiger partial charge < -0.3 is 25.1 Å². The summed E-state index contributed by atoms with van der Waals surface area (Å²) in [6, 6.07) is 5.42. The summed E-state index contributed by atoms with van der Waals surface area (Å²) in [4.78, 5) is 27.8. The number of carbonyl (C=O) groups excluding carboxylic acids is 1. The SMILES string of the molecule is CC(=Nc1c(O)ccc2[nH]c3c(C)c4cc[n+](C)cc4c(C)c3c12)C(=O)O.CC(=O)[O-]. The summed E-state index contributed by atoms with van der Waals surface area (Å²) < 4.78 is 2.00. The van der Waals surface area contributed by atoms with Crippen LogP contribution in [0.4, 0.5) is 5.69 Å². The molecule has 0 saturated carbocycles. The fourth-order valence-electron chi connectivity index (χ4n) is 3.74. The summed E-state index contributed by atoms with van der Waals surface area (Å²) in [5, 5.41) is 32.5. The van der Waals surface area contributed by atoms with Gasteiger partial charge in [-0.15, -0.1) is 0 Å². The number of carbonyl (C=O) groups is 2. The summed E-state index contributed by atoms with van der Waals surface area (Å²) in [5.41, 5.74) is 4.15. The molecule has 8 nitrogen and oxygen atoms in total. The number of hydrogen-bond acceptors (Lipinski definition) is 5. The number of aliphatic carboxylic acids is 2. The molecule has 4 aromatic rings. The molecular weight excluding hydrogens is 398 g/mol. The van der Waals surface area contributed by atoms with Crippen molar-refractivity contribution in [2.45, 2.75) is 27.7 Å². The number of pyridine rings is 1. The van der Waals surface area contributed by atoms with Crippen LogP contribution in [-0.4, -0.2) is 32.8 Å². The van der Waals surface area contributed by atoms with E-state index in [1.165, 1.54) is 13.0 Å². The van der Waals surface area contributed by atoms with Crippen molar-refractivity contribution < 1.29 is 29.5 Å². The van der Waals surface area contributed by atoms with Gasteiger partial charge in [-0.25, -0.2) is 14.4 Å². The number of phenols is 1. The van der Waals surface area contributed by atoms with Gasteiger partial charge in [0.1, 0.15) is 24.2 Å². The summed E-state index contributed by atoms with van der Waals surface area (Å²) in [6.45, 7) is 6.49. The molecule has 0 bridgehead atoms. The number of nitrogens with one attached hydrogen (secondary N) is 1. The number of H-pyrrole nitrogens is 1. The fourth-order valence-corrected chi connectivity index (χ4v) is 3.74. The Morgan fingerprint density at radius 3 is 2.32 bits per heavy atom. The number of hydrogen-bond donors (Lipinski definition) is 3. The third-order valence-corrected chi connectivity index (χ3v) is 5.16. The first-order valence-electron chi connectivity index (χ1n) is 9.54. The Hall–Kier alpha value is -3.94. The van der Waals surface area contributed by atoms with E-state index in [9.17, 15) is 15.0 Å². The first-order chi connectivity index (χ1) is 14.5. The molecule has 2 aromatic carbocycles. The van der Waals surface area contributed by atoms with Gasteiger partial charge >= 0.3 is 5.97 Å². The largest absolute Gasteiger partial charge is 0.550 e. The first-order valence-corrected chi connectivity index (χ1v) is 9.54. The summed E-state index contributed by atoms with van der Waals surface area (Å²) in [7, 11) is 1.98. The highest BCUT2D eigenvalue weighted by Crippen LogP contribution is 2.43. The van der Waals surface area contributed by atoms with Crippen molar-refractivity contribution in [2.24, 2.45) is 12.0 Å². The van der Waals surface area contributed by atoms with Crippen molar-refractivity contribution in [1.29, 1.82) is 0 Å². The molecule has 0 aliphatic heterocycles. The van der Waals surface area contributed by atoms with Crippen LogP contribution in [0.2, 0.25) is 0 Å². The van der Waals surface area contributed by atoms with Gasteiger partial charge in [0.05, 0.1) is 5.52 Å². The van der Waals surface area contributed by atoms with E-state index in [2.05, 4.69) is 29.2 Å². The maximum Gasteiger partial charge on any atom is 0.349 e. The number of aromatic amines is 1. The van der Waals surface area contributed by atoms with E-state index >= 15 is 0 Å². The standard InChI is InChI=1S/C21H19N3O3.C2H4O2/c1-10-14-9-24(4)8-7-13(14)11(2)19-17(10)18-15(23-19)5-6-16(25)20(18)22-12(3)21(26)27;1-2(3)4/h5-9H,1-4H3,(H2,25,26,27);1H3,(H,3,4). The van der Waals surface area contributed by atoms with E-state index in [0.29, 0.717) is 0 Å². The molecule has 31 heavy (non-hydrogen) atoms. The molecular formula is C23H23N3O5. The molecule has 0 aliphatic rings. The minimum absolute atomic E-state index is 0.0419. The second-order valence-corrected chi connectivity index (χ2v) is 7.41. The molecule has 2 heterocycles. The maximum absolute atomic E-state index is 11.3. The zero-order chi connectivity index (χ0) is 23.0. The molecule has 160 valence electrons. The van der Waals surface area contributed by atoms with Crippen molar-refractivity contribution in [3.05, 3.63) is 41.7 Å². The lowest BCUT2D eigenvalue weighted by Gasteiger charge is -2.09. The third kappa shape index (κ3) is 3.92. The van der Waals surface area contributed by atoms with Gasteiger partial charge in [-0.2, -0.15) is 0 Å². The lowest BCUT2D eigenvalue weighted by molar-refractivity contribution is -0.670. The molecule has 0 aliphatic carbocycles. The molecule has 0 amide bonds. The Morgan fingerprint density at radius 1 is 1.06 bits per heavy atom. The van der Waals surface area contributed by atoms with E-state index in [4.69, 9.17) is 9.90 Å². The Kier molecular flexibility index (Phi) is 5.66. The topological polar surface area (TPSA) is 130 Å². The highest BCUT2D eigenvalue weighted by Gasteiger charge is 2.20. The molecule has 3 N–H and O–H groups in total. The highest BCUT2D eigenvalue weighted by molar-refractivity contribution is 6.35. The molecule has 0 saturated heterocycles. The molecule has 0 spiro atoms. The summed E-state index contributed by atoms with van der Waals surface area (Å²) in [6.07, 6.45) is 4.09. The van der Waals surface area contributed by atoms with Crippen molar-refractivity contribution in [3.63, 3.8) is 0 Å². The van der Waals surface area contributed by atoms with Gasteiger partial charge in [0.25, 0.3) is 0 Å². The number of phenolic OH excluding ortho intramolecular Hbond substituents is 1. The quantitative estimate of drug-likeness (QED) is 0.338. The van der Waals surface area contributed by atoms with Crippen LogP contribution in [0.1, 0.15) is 25.0 Å². The van der Waals surface area contributed by atoms with Crippen LogP contribution in [-0.2, 0) is 16.6 Å². The van der Waals surface area contributed by atoms with E-state index in [0.717, 1.165) is 50.6 Å². The number of carboxylic acid groups (broad SMARTS) is 2. The average molecular weight is 421 g/mol. The van der Waals surface area contributed by atoms with Crippen molar-refractivity contribution in [2.75, 3.05) is 0 Å². The number of fused-ring (bicyclic) bond motifs is 4. The second kappa shape index (κ2) is 8.06. The summed E-state index contributed by atoms with van der Waals surface area (Å²) in [5.74, 6) is -2.24. The predicted molar refractivity (Wildman–Crippen MR) is 117 cm³/mol. The van der Waals surface area contributed by atoms with Crippen LogP contribution < -0.4 is 9.67 Å². The molecule has 0 unspecified atom stereocenters. The van der Waals surface area contributed by atoms with Gasteiger partial charge in [0.2, 0.25) is 0 Å². The second-order valence-electron chi connectivity index (χ2n) is 7.41. The van der Waals surface area contributed by atoms with Crippen molar-refractivity contribution >= 4 is 55.9 Å². The maximum atomic E-state index is 11.3. The lowest BCUT2D eigenvalue weighted by atomic mass is 9.96. The van der Waals surface area contributed by atoms with E-state index in [-0.39, 0.29) is 17.1 Å². The van der Waals surface area contributed by atoms with Crippen molar-refractivity contribution in [1.82, 2.24) is 4.98 Å². The number of benzene rings is 2. The van der Waals surface area contributed by atoms with E-state index in [1.54, 1.807) is 6.07 Å². The number of nitrogens with zero attached hydrogens (tertiary/aromatic N) is 2. The number of aliphatic imine (C=N–C) groups is 1. The van der Waals surface area contributed by atoms with Gasteiger partial charge in [0, 0.05) is 33.7 Å². The molecule has 0 atom stereocenters.